The molecule has 8 heteroatoms. The van der Waals surface area contributed by atoms with E-state index in [-0.39, 0.29) is 22.8 Å². The van der Waals surface area contributed by atoms with Crippen molar-refractivity contribution in [2.24, 2.45) is 0 Å². The number of carbonyl (C=O) groups excluding carboxylic acids is 2. The molecule has 128 valence electrons. The molecule has 0 bridgehead atoms. The quantitative estimate of drug-likeness (QED) is 0.815. The second kappa shape index (κ2) is 6.56. The van der Waals surface area contributed by atoms with Crippen LogP contribution in [0.4, 0.5) is 13.6 Å². The van der Waals surface area contributed by atoms with Crippen molar-refractivity contribution >= 4 is 29.0 Å². The van der Waals surface area contributed by atoms with E-state index in [1.54, 1.807) is 12.1 Å². The molecule has 0 radical (unpaired) electrons. The number of thioether (sulfide) groups is 1. The van der Waals surface area contributed by atoms with E-state index in [1.165, 1.54) is 18.2 Å². The SMILES string of the molecule is O=C1S/C(=C\c2cc(O)c(F)c(F)c2)C(=O)N1Cc1cccc(O)c1. The van der Waals surface area contributed by atoms with Gasteiger partial charge in [0.2, 0.25) is 0 Å². The molecule has 25 heavy (non-hydrogen) atoms. The van der Waals surface area contributed by atoms with Crippen LogP contribution in [0.5, 0.6) is 11.5 Å². The van der Waals surface area contributed by atoms with Gasteiger partial charge in [0.05, 0.1) is 11.4 Å². The minimum absolute atomic E-state index is 0.0114. The molecule has 0 saturated carbocycles. The van der Waals surface area contributed by atoms with Gasteiger partial charge in [0.25, 0.3) is 11.1 Å². The summed E-state index contributed by atoms with van der Waals surface area (Å²) in [5, 5.41) is 18.2. The summed E-state index contributed by atoms with van der Waals surface area (Å²) in [6.45, 7) is -0.0283. The molecular weight excluding hydrogens is 352 g/mol. The predicted molar refractivity (Wildman–Crippen MR) is 87.6 cm³/mol. The maximum atomic E-state index is 13.3. The summed E-state index contributed by atoms with van der Waals surface area (Å²) in [4.78, 5) is 25.4. The number of rotatable bonds is 3. The lowest BCUT2D eigenvalue weighted by atomic mass is 10.1. The maximum Gasteiger partial charge on any atom is 0.293 e. The molecule has 2 N–H and O–H groups in total. The second-order valence-corrected chi connectivity index (χ2v) is 6.27. The van der Waals surface area contributed by atoms with E-state index < -0.39 is 28.5 Å². The van der Waals surface area contributed by atoms with E-state index in [2.05, 4.69) is 0 Å². The van der Waals surface area contributed by atoms with Crippen LogP contribution in [0.15, 0.2) is 41.3 Å². The molecule has 2 aromatic carbocycles. The van der Waals surface area contributed by atoms with Crippen molar-refractivity contribution < 1.29 is 28.6 Å². The number of imide groups is 1. The summed E-state index contributed by atoms with van der Waals surface area (Å²) in [5.74, 6) is -4.11. The Kier molecular flexibility index (Phi) is 4.45. The van der Waals surface area contributed by atoms with Gasteiger partial charge in [0.15, 0.2) is 17.4 Å². The number of phenolic OH excluding ortho intramolecular Hbond substituents is 2. The maximum absolute atomic E-state index is 13.3. The van der Waals surface area contributed by atoms with Gasteiger partial charge in [-0.1, -0.05) is 12.1 Å². The van der Waals surface area contributed by atoms with Crippen molar-refractivity contribution in [3.8, 4) is 11.5 Å². The Morgan fingerprint density at radius 2 is 1.88 bits per heavy atom. The molecule has 2 aromatic rings. The Morgan fingerprint density at radius 3 is 2.56 bits per heavy atom. The number of amides is 2. The van der Waals surface area contributed by atoms with Gasteiger partial charge in [-0.25, -0.2) is 4.39 Å². The highest BCUT2D eigenvalue weighted by atomic mass is 32.2. The lowest BCUT2D eigenvalue weighted by molar-refractivity contribution is -0.123. The fraction of sp³-hybridized carbons (Fsp3) is 0.0588. The van der Waals surface area contributed by atoms with Crippen LogP contribution in [0, 0.1) is 11.6 Å². The van der Waals surface area contributed by atoms with Crippen molar-refractivity contribution in [3.05, 3.63) is 64.1 Å². The van der Waals surface area contributed by atoms with Gasteiger partial charge in [0.1, 0.15) is 5.75 Å². The van der Waals surface area contributed by atoms with Crippen LogP contribution in [0.1, 0.15) is 11.1 Å². The van der Waals surface area contributed by atoms with E-state index in [4.69, 9.17) is 0 Å². The van der Waals surface area contributed by atoms with E-state index in [1.807, 2.05) is 0 Å². The van der Waals surface area contributed by atoms with E-state index in [9.17, 15) is 28.6 Å². The Bertz CT molecular complexity index is 890. The summed E-state index contributed by atoms with van der Waals surface area (Å²) in [6, 6.07) is 7.91. The van der Waals surface area contributed by atoms with E-state index in [0.29, 0.717) is 17.3 Å². The summed E-state index contributed by atoms with van der Waals surface area (Å²) in [5.41, 5.74) is 0.619. The molecule has 1 aliphatic rings. The molecule has 1 heterocycles. The molecule has 1 aliphatic heterocycles. The van der Waals surface area contributed by atoms with Crippen molar-refractivity contribution in [1.29, 1.82) is 0 Å². The Hall–Kier alpha value is -2.87. The van der Waals surface area contributed by atoms with Crippen molar-refractivity contribution in [2.45, 2.75) is 6.54 Å². The zero-order valence-corrected chi connectivity index (χ0v) is 13.4. The first kappa shape index (κ1) is 17.0. The molecule has 0 atom stereocenters. The van der Waals surface area contributed by atoms with Crippen molar-refractivity contribution in [3.63, 3.8) is 0 Å². The van der Waals surface area contributed by atoms with Crippen molar-refractivity contribution in [1.82, 2.24) is 4.90 Å². The van der Waals surface area contributed by atoms with E-state index >= 15 is 0 Å². The molecule has 2 amide bonds. The lowest BCUT2D eigenvalue weighted by Crippen LogP contribution is -2.27. The minimum atomic E-state index is -1.38. The fourth-order valence-corrected chi connectivity index (χ4v) is 3.14. The predicted octanol–water partition coefficient (Wildman–Crippen LogP) is 3.61. The van der Waals surface area contributed by atoms with Crippen molar-refractivity contribution in [2.75, 3.05) is 0 Å². The fourth-order valence-electron chi connectivity index (χ4n) is 2.30. The largest absolute Gasteiger partial charge is 0.508 e. The molecule has 0 aromatic heterocycles. The van der Waals surface area contributed by atoms with Gasteiger partial charge >= 0.3 is 0 Å². The van der Waals surface area contributed by atoms with Gasteiger partial charge < -0.3 is 10.2 Å². The topological polar surface area (TPSA) is 77.8 Å². The molecule has 0 spiro atoms. The summed E-state index contributed by atoms with van der Waals surface area (Å²) < 4.78 is 26.4. The number of phenols is 2. The molecule has 0 unspecified atom stereocenters. The third-order valence-electron chi connectivity index (χ3n) is 3.45. The zero-order valence-electron chi connectivity index (χ0n) is 12.6. The Labute approximate surface area is 145 Å². The Balaban J connectivity index is 1.86. The first-order valence-electron chi connectivity index (χ1n) is 7.06. The van der Waals surface area contributed by atoms with Gasteiger partial charge in [-0.05, 0) is 53.2 Å². The molecule has 1 saturated heterocycles. The standard InChI is InChI=1S/C17H11F2NO4S/c18-12-5-10(6-13(22)15(12)19)7-14-16(23)20(17(24)25-14)8-9-2-1-3-11(21)4-9/h1-7,21-22H,8H2/b14-7-. The van der Waals surface area contributed by atoms with Crippen LogP contribution in [0.3, 0.4) is 0 Å². The van der Waals surface area contributed by atoms with Crippen LogP contribution in [0.25, 0.3) is 6.08 Å². The normalized spacial score (nSPS) is 16.1. The van der Waals surface area contributed by atoms with Crippen LogP contribution in [-0.2, 0) is 11.3 Å². The number of hydrogen-bond donors (Lipinski definition) is 2. The first-order chi connectivity index (χ1) is 11.8. The van der Waals surface area contributed by atoms with Crippen LogP contribution >= 0.6 is 11.8 Å². The monoisotopic (exact) mass is 363 g/mol. The summed E-state index contributed by atoms with van der Waals surface area (Å²) in [6.07, 6.45) is 1.20. The average Bonchev–Trinajstić information content (AvgIpc) is 2.80. The number of hydrogen-bond acceptors (Lipinski definition) is 5. The first-order valence-corrected chi connectivity index (χ1v) is 7.88. The van der Waals surface area contributed by atoms with Crippen LogP contribution in [-0.4, -0.2) is 26.3 Å². The highest BCUT2D eigenvalue weighted by Crippen LogP contribution is 2.34. The molecular formula is C17H11F2NO4S. The zero-order chi connectivity index (χ0) is 18.1. The summed E-state index contributed by atoms with van der Waals surface area (Å²) >= 11 is 0.654. The number of carbonyl (C=O) groups is 2. The van der Waals surface area contributed by atoms with Crippen LogP contribution in [0.2, 0.25) is 0 Å². The van der Waals surface area contributed by atoms with Crippen LogP contribution < -0.4 is 0 Å². The molecule has 0 aliphatic carbocycles. The molecule has 5 nitrogen and oxygen atoms in total. The smallest absolute Gasteiger partial charge is 0.293 e. The number of halogens is 2. The summed E-state index contributed by atoms with van der Waals surface area (Å²) in [7, 11) is 0. The average molecular weight is 363 g/mol. The minimum Gasteiger partial charge on any atom is -0.508 e. The number of aromatic hydroxyl groups is 2. The van der Waals surface area contributed by atoms with Gasteiger partial charge in [0, 0.05) is 0 Å². The van der Waals surface area contributed by atoms with Gasteiger partial charge in [-0.15, -0.1) is 0 Å². The third kappa shape index (κ3) is 3.48. The number of benzene rings is 2. The molecule has 1 fully saturated rings. The number of nitrogens with zero attached hydrogens (tertiary/aromatic N) is 1. The highest BCUT2D eigenvalue weighted by molar-refractivity contribution is 8.18. The Morgan fingerprint density at radius 1 is 1.12 bits per heavy atom. The van der Waals surface area contributed by atoms with Gasteiger partial charge in [-0.3, -0.25) is 14.5 Å². The van der Waals surface area contributed by atoms with E-state index in [0.717, 1.165) is 17.0 Å². The third-order valence-corrected chi connectivity index (χ3v) is 4.36. The molecule has 3 rings (SSSR count). The van der Waals surface area contributed by atoms with Gasteiger partial charge in [-0.2, -0.15) is 4.39 Å². The lowest BCUT2D eigenvalue weighted by Gasteiger charge is -2.12. The highest BCUT2D eigenvalue weighted by Gasteiger charge is 2.35. The second-order valence-electron chi connectivity index (χ2n) is 5.27.